The highest BCUT2D eigenvalue weighted by atomic mass is 19.1. The number of anilines is 1. The molecule has 2 aliphatic heterocycles. The Hall–Kier alpha value is -3.00. The van der Waals surface area contributed by atoms with E-state index in [1.165, 1.54) is 6.07 Å². The SMILES string of the molecule is CNc1nc([C@H]2CCN(C(C)=O)C2)nc2c1CN(Cc1cn(C)c3ccc(F)cc13)CC2. The van der Waals surface area contributed by atoms with Crippen LogP contribution in [-0.2, 0) is 31.4 Å². The van der Waals surface area contributed by atoms with E-state index in [1.807, 2.05) is 25.1 Å². The van der Waals surface area contributed by atoms with E-state index in [9.17, 15) is 9.18 Å². The van der Waals surface area contributed by atoms with Gasteiger partial charge in [-0.05, 0) is 30.2 Å². The Labute approximate surface area is 187 Å². The topological polar surface area (TPSA) is 66.3 Å². The molecule has 0 bridgehead atoms. The molecule has 0 aliphatic carbocycles. The molecule has 0 radical (unpaired) electrons. The number of nitrogens with zero attached hydrogens (tertiary/aromatic N) is 5. The van der Waals surface area contributed by atoms with Crippen LogP contribution >= 0.6 is 0 Å². The van der Waals surface area contributed by atoms with E-state index >= 15 is 0 Å². The van der Waals surface area contributed by atoms with Crippen molar-refractivity contribution in [3.05, 3.63) is 52.9 Å². The Kier molecular flexibility index (Phi) is 5.33. The molecule has 3 aromatic rings. The van der Waals surface area contributed by atoms with Crippen molar-refractivity contribution >= 4 is 22.6 Å². The summed E-state index contributed by atoms with van der Waals surface area (Å²) in [6.45, 7) is 5.48. The normalized spacial score (nSPS) is 18.9. The van der Waals surface area contributed by atoms with Gasteiger partial charge in [-0.1, -0.05) is 0 Å². The second kappa shape index (κ2) is 8.16. The van der Waals surface area contributed by atoms with E-state index in [0.717, 1.165) is 78.4 Å². The molecule has 5 rings (SSSR count). The number of likely N-dealkylation sites (tertiary alicyclic amines) is 1. The number of halogens is 1. The first kappa shape index (κ1) is 20.9. The summed E-state index contributed by atoms with van der Waals surface area (Å²) < 4.78 is 15.9. The number of carbonyl (C=O) groups is 1. The summed E-state index contributed by atoms with van der Waals surface area (Å²) in [4.78, 5) is 25.7. The van der Waals surface area contributed by atoms with Crippen LogP contribution in [-0.4, -0.2) is 56.9 Å². The average Bonchev–Trinajstić information content (AvgIpc) is 3.39. The fourth-order valence-electron chi connectivity index (χ4n) is 5.08. The largest absolute Gasteiger partial charge is 0.373 e. The minimum absolute atomic E-state index is 0.114. The molecule has 1 saturated heterocycles. The van der Waals surface area contributed by atoms with Crippen molar-refractivity contribution in [2.45, 2.75) is 38.8 Å². The van der Waals surface area contributed by atoms with E-state index < -0.39 is 0 Å². The first-order valence-electron chi connectivity index (χ1n) is 11.2. The molecule has 1 aromatic carbocycles. The van der Waals surface area contributed by atoms with E-state index in [-0.39, 0.29) is 17.6 Å². The molecular weight excluding hydrogens is 407 g/mol. The van der Waals surface area contributed by atoms with Crippen molar-refractivity contribution in [3.8, 4) is 0 Å². The van der Waals surface area contributed by atoms with Crippen LogP contribution in [0.15, 0.2) is 24.4 Å². The zero-order valence-electron chi connectivity index (χ0n) is 18.9. The second-order valence-electron chi connectivity index (χ2n) is 8.94. The lowest BCUT2D eigenvalue weighted by atomic mass is 10.0. The van der Waals surface area contributed by atoms with Crippen molar-refractivity contribution in [3.63, 3.8) is 0 Å². The fraction of sp³-hybridized carbons (Fsp3) is 0.458. The van der Waals surface area contributed by atoms with Crippen LogP contribution in [0.1, 0.15) is 41.9 Å². The summed E-state index contributed by atoms with van der Waals surface area (Å²) >= 11 is 0. The smallest absolute Gasteiger partial charge is 0.219 e. The van der Waals surface area contributed by atoms with Crippen LogP contribution in [0.5, 0.6) is 0 Å². The Morgan fingerprint density at radius 1 is 1.28 bits per heavy atom. The lowest BCUT2D eigenvalue weighted by molar-refractivity contribution is -0.127. The molecule has 0 saturated carbocycles. The van der Waals surface area contributed by atoms with Gasteiger partial charge in [-0.3, -0.25) is 9.69 Å². The van der Waals surface area contributed by atoms with Gasteiger partial charge in [0.2, 0.25) is 5.91 Å². The Bertz CT molecular complexity index is 1170. The van der Waals surface area contributed by atoms with E-state index in [2.05, 4.69) is 21.0 Å². The summed E-state index contributed by atoms with van der Waals surface area (Å²) in [5, 5.41) is 4.23. The van der Waals surface area contributed by atoms with Crippen molar-refractivity contribution in [2.24, 2.45) is 7.05 Å². The monoisotopic (exact) mass is 436 g/mol. The summed E-state index contributed by atoms with van der Waals surface area (Å²) in [6.07, 6.45) is 3.85. The van der Waals surface area contributed by atoms with Gasteiger partial charge < -0.3 is 14.8 Å². The number of benzene rings is 1. The molecule has 0 unspecified atom stereocenters. The molecule has 0 spiro atoms. The maximum absolute atomic E-state index is 13.9. The van der Waals surface area contributed by atoms with Gasteiger partial charge in [-0.2, -0.15) is 0 Å². The summed E-state index contributed by atoms with van der Waals surface area (Å²) in [5.74, 6) is 1.82. The zero-order chi connectivity index (χ0) is 22.4. The molecular formula is C24H29FN6O. The third kappa shape index (κ3) is 3.72. The number of hydrogen-bond donors (Lipinski definition) is 1. The highest BCUT2D eigenvalue weighted by Gasteiger charge is 2.30. The maximum atomic E-state index is 13.9. The number of rotatable bonds is 4. The summed E-state index contributed by atoms with van der Waals surface area (Å²) in [6, 6.07) is 4.98. The standard InChI is InChI=1S/C24H29FN6O/c1-15(32)31-9-6-16(13-31)23-27-21-7-8-30(14-20(21)24(26-2)28-23)12-17-11-29(3)22-5-4-18(25)10-19(17)22/h4-5,10-11,16H,6-9,12-14H2,1-3H3,(H,26,27,28)/t16-/m0/s1. The van der Waals surface area contributed by atoms with Crippen LogP contribution in [0, 0.1) is 5.82 Å². The molecule has 7 nitrogen and oxygen atoms in total. The van der Waals surface area contributed by atoms with Crippen LogP contribution in [0.2, 0.25) is 0 Å². The van der Waals surface area contributed by atoms with E-state index in [4.69, 9.17) is 9.97 Å². The number of nitrogens with one attached hydrogen (secondary N) is 1. The molecule has 4 heterocycles. The van der Waals surface area contributed by atoms with Crippen molar-refractivity contribution < 1.29 is 9.18 Å². The Morgan fingerprint density at radius 2 is 2.12 bits per heavy atom. The fourth-order valence-corrected chi connectivity index (χ4v) is 5.08. The number of hydrogen-bond acceptors (Lipinski definition) is 5. The van der Waals surface area contributed by atoms with Crippen molar-refractivity contribution in [1.82, 2.24) is 24.3 Å². The molecule has 32 heavy (non-hydrogen) atoms. The van der Waals surface area contributed by atoms with Gasteiger partial charge in [0.25, 0.3) is 0 Å². The minimum atomic E-state index is -0.206. The van der Waals surface area contributed by atoms with Crippen LogP contribution < -0.4 is 5.32 Å². The predicted molar refractivity (Wildman–Crippen MR) is 122 cm³/mol. The van der Waals surface area contributed by atoms with Gasteiger partial charge in [0.05, 0.1) is 5.69 Å². The summed E-state index contributed by atoms with van der Waals surface area (Å²) in [7, 11) is 3.90. The zero-order valence-corrected chi connectivity index (χ0v) is 18.9. The van der Waals surface area contributed by atoms with Crippen LogP contribution in [0.3, 0.4) is 0 Å². The summed E-state index contributed by atoms with van der Waals surface area (Å²) in [5.41, 5.74) is 4.40. The average molecular weight is 437 g/mol. The molecule has 168 valence electrons. The van der Waals surface area contributed by atoms with E-state index in [0.29, 0.717) is 6.54 Å². The number of aromatic nitrogens is 3. The molecule has 8 heteroatoms. The van der Waals surface area contributed by atoms with Gasteiger partial charge in [-0.25, -0.2) is 14.4 Å². The molecule has 1 atom stereocenters. The number of aryl methyl sites for hydroxylation is 1. The van der Waals surface area contributed by atoms with Gasteiger partial charge >= 0.3 is 0 Å². The molecule has 1 fully saturated rings. The highest BCUT2D eigenvalue weighted by molar-refractivity contribution is 5.84. The van der Waals surface area contributed by atoms with Crippen molar-refractivity contribution in [1.29, 1.82) is 0 Å². The lowest BCUT2D eigenvalue weighted by Gasteiger charge is -2.29. The predicted octanol–water partition coefficient (Wildman–Crippen LogP) is 3.04. The van der Waals surface area contributed by atoms with Gasteiger partial charge in [-0.15, -0.1) is 0 Å². The molecule has 2 aliphatic rings. The van der Waals surface area contributed by atoms with Crippen LogP contribution in [0.25, 0.3) is 10.9 Å². The highest BCUT2D eigenvalue weighted by Crippen LogP contribution is 2.31. The number of amides is 1. The minimum Gasteiger partial charge on any atom is -0.373 e. The second-order valence-corrected chi connectivity index (χ2v) is 8.94. The maximum Gasteiger partial charge on any atom is 0.219 e. The third-order valence-corrected chi connectivity index (χ3v) is 6.82. The van der Waals surface area contributed by atoms with Gasteiger partial charge in [0, 0.05) is 88.7 Å². The van der Waals surface area contributed by atoms with Gasteiger partial charge in [0.1, 0.15) is 17.5 Å². The Morgan fingerprint density at radius 3 is 2.88 bits per heavy atom. The van der Waals surface area contributed by atoms with Crippen LogP contribution in [0.4, 0.5) is 10.2 Å². The lowest BCUT2D eigenvalue weighted by Crippen LogP contribution is -2.32. The quantitative estimate of drug-likeness (QED) is 0.681. The van der Waals surface area contributed by atoms with Crippen molar-refractivity contribution in [2.75, 3.05) is 32.0 Å². The van der Waals surface area contributed by atoms with E-state index in [1.54, 1.807) is 13.0 Å². The third-order valence-electron chi connectivity index (χ3n) is 6.82. The number of fused-ring (bicyclic) bond motifs is 2. The molecule has 1 amide bonds. The van der Waals surface area contributed by atoms with Gasteiger partial charge in [0.15, 0.2) is 0 Å². The first-order chi connectivity index (χ1) is 15.4. The molecule has 1 N–H and O–H groups in total. The number of carbonyl (C=O) groups excluding carboxylic acids is 1. The first-order valence-corrected chi connectivity index (χ1v) is 11.2. The Balaban J connectivity index is 1.38. The molecule has 2 aromatic heterocycles.